The quantitative estimate of drug-likeness (QED) is 0.671. The first-order chi connectivity index (χ1) is 9.70. The van der Waals surface area contributed by atoms with Crippen molar-refractivity contribution in [1.82, 2.24) is 9.97 Å². The van der Waals surface area contributed by atoms with Gasteiger partial charge in [0.25, 0.3) is 0 Å². The van der Waals surface area contributed by atoms with Crippen molar-refractivity contribution in [2.24, 2.45) is 0 Å². The molecule has 0 aliphatic carbocycles. The Hall–Kier alpha value is -2.01. The number of ether oxygens (including phenoxy) is 1. The highest BCUT2D eigenvalue weighted by molar-refractivity contribution is 9.10. The van der Waals surface area contributed by atoms with E-state index in [2.05, 4.69) is 32.0 Å². The second-order valence-corrected chi connectivity index (χ2v) is 5.81. The summed E-state index contributed by atoms with van der Waals surface area (Å²) in [5, 5.41) is 0. The summed E-state index contributed by atoms with van der Waals surface area (Å²) < 4.78 is 6.47. The summed E-state index contributed by atoms with van der Waals surface area (Å²) in [4.78, 5) is 7.93. The molecule has 0 fully saturated rings. The predicted octanol–water partition coefficient (Wildman–Crippen LogP) is 3.51. The third kappa shape index (κ3) is 1.78. The minimum atomic E-state index is 0.668. The maximum absolute atomic E-state index is 6.01. The average Bonchev–Trinajstić information content (AvgIpc) is 3.03. The van der Waals surface area contributed by atoms with Crippen LogP contribution in [0, 0.1) is 0 Å². The molecule has 2 aromatic carbocycles. The zero-order valence-corrected chi connectivity index (χ0v) is 12.2. The number of aromatic nitrogens is 2. The maximum Gasteiger partial charge on any atom is 0.138 e. The molecule has 3 N–H and O–H groups in total. The molecule has 20 heavy (non-hydrogen) atoms. The molecule has 0 radical (unpaired) electrons. The van der Waals surface area contributed by atoms with Gasteiger partial charge in [-0.05, 0) is 35.9 Å². The molecule has 0 bridgehead atoms. The molecule has 1 aliphatic rings. The molecule has 0 atom stereocenters. The zero-order valence-electron chi connectivity index (χ0n) is 10.6. The number of nitrogens with two attached hydrogens (primary N) is 1. The van der Waals surface area contributed by atoms with Crippen LogP contribution >= 0.6 is 15.9 Å². The van der Waals surface area contributed by atoms with Crippen LogP contribution in [0.2, 0.25) is 0 Å². The first-order valence-corrected chi connectivity index (χ1v) is 7.21. The number of anilines is 1. The second-order valence-electron chi connectivity index (χ2n) is 4.90. The van der Waals surface area contributed by atoms with Crippen LogP contribution in [0.1, 0.15) is 5.56 Å². The zero-order chi connectivity index (χ0) is 13.7. The topological polar surface area (TPSA) is 63.9 Å². The number of nitrogens with one attached hydrogen (secondary N) is 1. The van der Waals surface area contributed by atoms with Crippen LogP contribution in [0.4, 0.5) is 5.69 Å². The van der Waals surface area contributed by atoms with Crippen LogP contribution in [-0.2, 0) is 6.42 Å². The summed E-state index contributed by atoms with van der Waals surface area (Å²) in [6.07, 6.45) is 0.955. The number of rotatable bonds is 1. The predicted molar refractivity (Wildman–Crippen MR) is 82.8 cm³/mol. The van der Waals surface area contributed by atoms with E-state index in [0.29, 0.717) is 5.69 Å². The van der Waals surface area contributed by atoms with E-state index in [4.69, 9.17) is 10.5 Å². The van der Waals surface area contributed by atoms with Crippen LogP contribution in [0.15, 0.2) is 34.8 Å². The lowest BCUT2D eigenvalue weighted by molar-refractivity contribution is 0.357. The Morgan fingerprint density at radius 1 is 1.25 bits per heavy atom. The SMILES string of the molecule is Nc1cc(Br)cc2[nH]c(-c3ccc4c(c3)CCO4)nc12. The molecular weight excluding hydrogens is 318 g/mol. The van der Waals surface area contributed by atoms with Crippen LogP contribution in [0.5, 0.6) is 5.75 Å². The number of benzene rings is 2. The largest absolute Gasteiger partial charge is 0.493 e. The van der Waals surface area contributed by atoms with Crippen molar-refractivity contribution in [2.45, 2.75) is 6.42 Å². The Kier molecular flexibility index (Phi) is 2.50. The molecule has 2 heterocycles. The Morgan fingerprint density at radius 3 is 3.05 bits per heavy atom. The van der Waals surface area contributed by atoms with E-state index in [-0.39, 0.29) is 0 Å². The molecular formula is C15H12BrN3O. The van der Waals surface area contributed by atoms with E-state index < -0.39 is 0 Å². The van der Waals surface area contributed by atoms with E-state index in [1.54, 1.807) is 0 Å². The fourth-order valence-corrected chi connectivity index (χ4v) is 3.05. The molecule has 3 aromatic rings. The van der Waals surface area contributed by atoms with Crippen LogP contribution < -0.4 is 10.5 Å². The van der Waals surface area contributed by atoms with Gasteiger partial charge in [0.15, 0.2) is 0 Å². The van der Waals surface area contributed by atoms with E-state index in [1.807, 2.05) is 24.3 Å². The molecule has 1 aliphatic heterocycles. The standard InChI is InChI=1S/C15H12BrN3O/c16-10-6-11(17)14-12(7-10)18-15(19-14)9-1-2-13-8(5-9)3-4-20-13/h1-2,5-7H,3-4,17H2,(H,18,19). The summed E-state index contributed by atoms with van der Waals surface area (Å²) in [6, 6.07) is 10.0. The minimum Gasteiger partial charge on any atom is -0.493 e. The maximum atomic E-state index is 6.01. The summed E-state index contributed by atoms with van der Waals surface area (Å²) in [5.41, 5.74) is 10.7. The van der Waals surface area contributed by atoms with Gasteiger partial charge in [-0.15, -0.1) is 0 Å². The third-order valence-electron chi connectivity index (χ3n) is 3.54. The molecule has 0 saturated carbocycles. The first kappa shape index (κ1) is 11.8. The molecule has 0 spiro atoms. The van der Waals surface area contributed by atoms with Crippen molar-refractivity contribution >= 4 is 32.7 Å². The Morgan fingerprint density at radius 2 is 2.15 bits per heavy atom. The second kappa shape index (κ2) is 4.24. The van der Waals surface area contributed by atoms with Gasteiger partial charge in [-0.2, -0.15) is 0 Å². The highest BCUT2D eigenvalue weighted by Gasteiger charge is 2.14. The van der Waals surface area contributed by atoms with E-state index >= 15 is 0 Å². The van der Waals surface area contributed by atoms with Crippen molar-refractivity contribution in [3.63, 3.8) is 0 Å². The fraction of sp³-hybridized carbons (Fsp3) is 0.133. The molecule has 4 nitrogen and oxygen atoms in total. The lowest BCUT2D eigenvalue weighted by atomic mass is 10.1. The van der Waals surface area contributed by atoms with E-state index in [9.17, 15) is 0 Å². The molecule has 0 unspecified atom stereocenters. The molecule has 0 saturated heterocycles. The van der Waals surface area contributed by atoms with Crippen molar-refractivity contribution in [1.29, 1.82) is 0 Å². The lowest BCUT2D eigenvalue weighted by Crippen LogP contribution is -1.86. The average molecular weight is 330 g/mol. The summed E-state index contributed by atoms with van der Waals surface area (Å²) in [7, 11) is 0. The number of fused-ring (bicyclic) bond motifs is 2. The van der Waals surface area contributed by atoms with Crippen molar-refractivity contribution in [3.8, 4) is 17.1 Å². The monoisotopic (exact) mass is 329 g/mol. The number of halogens is 1. The number of hydrogen-bond donors (Lipinski definition) is 2. The Labute approximate surface area is 124 Å². The van der Waals surface area contributed by atoms with Crippen LogP contribution in [0.3, 0.4) is 0 Å². The minimum absolute atomic E-state index is 0.668. The van der Waals surface area contributed by atoms with Crippen molar-refractivity contribution in [3.05, 3.63) is 40.4 Å². The van der Waals surface area contributed by atoms with Gasteiger partial charge in [0.1, 0.15) is 17.1 Å². The highest BCUT2D eigenvalue weighted by atomic mass is 79.9. The summed E-state index contributed by atoms with van der Waals surface area (Å²) in [5.74, 6) is 1.81. The Bertz CT molecular complexity index is 825. The lowest BCUT2D eigenvalue weighted by Gasteiger charge is -2.01. The van der Waals surface area contributed by atoms with Gasteiger partial charge < -0.3 is 15.5 Å². The van der Waals surface area contributed by atoms with Crippen molar-refractivity contribution in [2.75, 3.05) is 12.3 Å². The van der Waals surface area contributed by atoms with Gasteiger partial charge in [0.2, 0.25) is 0 Å². The Balaban J connectivity index is 1.88. The number of nitrogen functional groups attached to an aromatic ring is 1. The highest BCUT2D eigenvalue weighted by Crippen LogP contribution is 2.32. The summed E-state index contributed by atoms with van der Waals surface area (Å²) in [6.45, 7) is 0.763. The third-order valence-corrected chi connectivity index (χ3v) is 4.00. The molecule has 5 heteroatoms. The summed E-state index contributed by atoms with van der Waals surface area (Å²) >= 11 is 3.45. The van der Waals surface area contributed by atoms with Crippen LogP contribution in [-0.4, -0.2) is 16.6 Å². The molecule has 4 rings (SSSR count). The number of aromatic amines is 1. The van der Waals surface area contributed by atoms with Gasteiger partial charge >= 0.3 is 0 Å². The normalized spacial score (nSPS) is 13.4. The smallest absolute Gasteiger partial charge is 0.138 e. The number of hydrogen-bond acceptors (Lipinski definition) is 3. The van der Waals surface area contributed by atoms with Gasteiger partial charge in [0, 0.05) is 16.5 Å². The van der Waals surface area contributed by atoms with Gasteiger partial charge in [-0.3, -0.25) is 0 Å². The molecule has 1 aromatic heterocycles. The van der Waals surface area contributed by atoms with Crippen molar-refractivity contribution < 1.29 is 4.74 Å². The van der Waals surface area contributed by atoms with Crippen LogP contribution in [0.25, 0.3) is 22.4 Å². The van der Waals surface area contributed by atoms with Gasteiger partial charge in [-0.1, -0.05) is 15.9 Å². The number of H-pyrrole nitrogens is 1. The fourth-order valence-electron chi connectivity index (χ4n) is 2.58. The van der Waals surface area contributed by atoms with E-state index in [0.717, 1.165) is 45.7 Å². The van der Waals surface area contributed by atoms with Gasteiger partial charge in [-0.25, -0.2) is 4.98 Å². The molecule has 100 valence electrons. The van der Waals surface area contributed by atoms with E-state index in [1.165, 1.54) is 5.56 Å². The van der Waals surface area contributed by atoms with Gasteiger partial charge in [0.05, 0.1) is 17.8 Å². The number of imidazole rings is 1. The number of nitrogens with zero attached hydrogens (tertiary/aromatic N) is 1. The molecule has 0 amide bonds. The first-order valence-electron chi connectivity index (χ1n) is 6.41.